The van der Waals surface area contributed by atoms with E-state index in [2.05, 4.69) is 13.2 Å². The lowest BCUT2D eigenvalue weighted by Gasteiger charge is -2.08. The average Bonchev–Trinajstić information content (AvgIpc) is 2.04. The Kier molecular flexibility index (Phi) is 5.04. The number of hydrogen-bond acceptors (Lipinski definition) is 2. The molecule has 0 spiro atoms. The molecule has 0 aliphatic rings. The number of carboxylic acid groups (broad SMARTS) is 1. The highest BCUT2D eigenvalue weighted by Gasteiger charge is 2.13. The average molecular weight is 170 g/mol. The molecule has 2 atom stereocenters. The van der Waals surface area contributed by atoms with Gasteiger partial charge in [-0.1, -0.05) is 12.2 Å². The van der Waals surface area contributed by atoms with E-state index in [4.69, 9.17) is 10.2 Å². The van der Waals surface area contributed by atoms with Crippen LogP contribution in [0, 0.1) is 5.92 Å². The molecular weight excluding hydrogens is 156 g/mol. The van der Waals surface area contributed by atoms with Gasteiger partial charge in [-0.15, -0.1) is 13.2 Å². The second-order valence-corrected chi connectivity index (χ2v) is 2.56. The van der Waals surface area contributed by atoms with Gasteiger partial charge in [-0.25, -0.2) is 0 Å². The normalized spacial score (nSPS) is 14.8. The van der Waals surface area contributed by atoms with E-state index in [0.717, 1.165) is 0 Å². The number of aliphatic carboxylic acids is 1. The number of aliphatic hydroxyl groups excluding tert-OH is 1. The van der Waals surface area contributed by atoms with E-state index in [0.29, 0.717) is 12.8 Å². The Hall–Kier alpha value is -1.09. The molecule has 3 heteroatoms. The Morgan fingerprint density at radius 2 is 1.92 bits per heavy atom. The second-order valence-electron chi connectivity index (χ2n) is 2.56. The van der Waals surface area contributed by atoms with Gasteiger partial charge in [0.05, 0.1) is 12.0 Å². The molecular formula is C9H14O3. The van der Waals surface area contributed by atoms with Crippen LogP contribution in [-0.4, -0.2) is 22.3 Å². The number of hydrogen-bond donors (Lipinski definition) is 2. The lowest BCUT2D eigenvalue weighted by Crippen LogP contribution is -2.13. The van der Waals surface area contributed by atoms with E-state index >= 15 is 0 Å². The molecule has 12 heavy (non-hydrogen) atoms. The largest absolute Gasteiger partial charge is 0.481 e. The van der Waals surface area contributed by atoms with Crippen LogP contribution in [0.25, 0.3) is 0 Å². The summed E-state index contributed by atoms with van der Waals surface area (Å²) in [5, 5.41) is 17.6. The number of carbonyl (C=O) groups is 1. The van der Waals surface area contributed by atoms with Gasteiger partial charge in [0, 0.05) is 0 Å². The summed E-state index contributed by atoms with van der Waals surface area (Å²) in [4.78, 5) is 10.5. The lowest BCUT2D eigenvalue weighted by molar-refractivity contribution is -0.140. The third kappa shape index (κ3) is 3.93. The van der Waals surface area contributed by atoms with Crippen molar-refractivity contribution in [1.82, 2.24) is 0 Å². The first-order chi connectivity index (χ1) is 5.61. The minimum atomic E-state index is -0.902. The summed E-state index contributed by atoms with van der Waals surface area (Å²) in [7, 11) is 0. The van der Waals surface area contributed by atoms with Crippen molar-refractivity contribution in [2.45, 2.75) is 18.9 Å². The highest BCUT2D eigenvalue weighted by Crippen LogP contribution is 2.10. The fourth-order valence-corrected chi connectivity index (χ4v) is 0.810. The van der Waals surface area contributed by atoms with Crippen molar-refractivity contribution in [3.63, 3.8) is 0 Å². The maximum atomic E-state index is 10.5. The molecule has 0 aliphatic heterocycles. The van der Waals surface area contributed by atoms with Crippen LogP contribution in [0.5, 0.6) is 0 Å². The molecule has 0 bridgehead atoms. The molecule has 3 nitrogen and oxygen atoms in total. The molecule has 0 fully saturated rings. The molecule has 0 amide bonds. The van der Waals surface area contributed by atoms with Crippen LogP contribution in [0.4, 0.5) is 0 Å². The minimum Gasteiger partial charge on any atom is -0.481 e. The Bertz CT molecular complexity index is 175. The van der Waals surface area contributed by atoms with Gasteiger partial charge >= 0.3 is 5.97 Å². The Labute approximate surface area is 72.0 Å². The van der Waals surface area contributed by atoms with E-state index in [1.807, 2.05) is 0 Å². The van der Waals surface area contributed by atoms with Gasteiger partial charge in [0.1, 0.15) is 0 Å². The first-order valence-electron chi connectivity index (χ1n) is 3.77. The van der Waals surface area contributed by atoms with Gasteiger partial charge in [-0.2, -0.15) is 0 Å². The van der Waals surface area contributed by atoms with Crippen molar-refractivity contribution in [2.24, 2.45) is 5.92 Å². The van der Waals surface area contributed by atoms with Crippen LogP contribution >= 0.6 is 0 Å². The summed E-state index contributed by atoms with van der Waals surface area (Å²) in [6.07, 6.45) is 2.95. The maximum absolute atomic E-state index is 10.5. The molecule has 0 aliphatic carbocycles. The summed E-state index contributed by atoms with van der Waals surface area (Å²) < 4.78 is 0. The van der Waals surface area contributed by atoms with Crippen LogP contribution in [0.1, 0.15) is 12.8 Å². The van der Waals surface area contributed by atoms with Crippen LogP contribution in [0.15, 0.2) is 25.3 Å². The molecule has 0 aromatic carbocycles. The van der Waals surface area contributed by atoms with Crippen LogP contribution in [-0.2, 0) is 4.79 Å². The highest BCUT2D eigenvalue weighted by molar-refractivity contribution is 5.71. The standard InChI is InChI=1S/C9H14O3/c1-3-7(9(11)12)5-6-8(10)4-2/h3-4,7-8,10H,1-2,5-6H2,(H,11,12). The van der Waals surface area contributed by atoms with Crippen LogP contribution in [0.2, 0.25) is 0 Å². The Morgan fingerprint density at radius 1 is 1.33 bits per heavy atom. The van der Waals surface area contributed by atoms with Gasteiger partial charge in [-0.05, 0) is 12.8 Å². The van der Waals surface area contributed by atoms with Crippen molar-refractivity contribution in [3.05, 3.63) is 25.3 Å². The summed E-state index contributed by atoms with van der Waals surface area (Å²) in [6, 6.07) is 0. The van der Waals surface area contributed by atoms with Crippen molar-refractivity contribution >= 4 is 5.97 Å². The first kappa shape index (κ1) is 10.9. The van der Waals surface area contributed by atoms with E-state index in [1.165, 1.54) is 12.2 Å². The molecule has 0 saturated carbocycles. The molecule has 0 saturated heterocycles. The summed E-state index contributed by atoms with van der Waals surface area (Å²) in [5.74, 6) is -1.47. The Morgan fingerprint density at radius 3 is 2.25 bits per heavy atom. The van der Waals surface area contributed by atoms with Crippen molar-refractivity contribution in [2.75, 3.05) is 0 Å². The van der Waals surface area contributed by atoms with Gasteiger partial charge in [0.15, 0.2) is 0 Å². The van der Waals surface area contributed by atoms with Crippen molar-refractivity contribution in [1.29, 1.82) is 0 Å². The lowest BCUT2D eigenvalue weighted by atomic mass is 10.0. The molecule has 68 valence electrons. The maximum Gasteiger partial charge on any atom is 0.310 e. The summed E-state index contributed by atoms with van der Waals surface area (Å²) in [6.45, 7) is 6.78. The van der Waals surface area contributed by atoms with Crippen molar-refractivity contribution in [3.8, 4) is 0 Å². The fourth-order valence-electron chi connectivity index (χ4n) is 0.810. The number of rotatable bonds is 6. The van der Waals surface area contributed by atoms with Gasteiger partial charge in [0.2, 0.25) is 0 Å². The van der Waals surface area contributed by atoms with E-state index in [9.17, 15) is 4.79 Å². The summed E-state index contributed by atoms with van der Waals surface area (Å²) >= 11 is 0. The summed E-state index contributed by atoms with van der Waals surface area (Å²) in [5.41, 5.74) is 0. The highest BCUT2D eigenvalue weighted by atomic mass is 16.4. The topological polar surface area (TPSA) is 57.5 Å². The molecule has 2 unspecified atom stereocenters. The van der Waals surface area contributed by atoms with E-state index in [-0.39, 0.29) is 0 Å². The molecule has 0 radical (unpaired) electrons. The van der Waals surface area contributed by atoms with Crippen molar-refractivity contribution < 1.29 is 15.0 Å². The Balaban J connectivity index is 3.80. The molecule has 2 N–H and O–H groups in total. The monoisotopic (exact) mass is 170 g/mol. The van der Waals surface area contributed by atoms with Gasteiger partial charge in [0.25, 0.3) is 0 Å². The fraction of sp³-hybridized carbons (Fsp3) is 0.444. The molecule has 0 aromatic heterocycles. The predicted octanol–water partition coefficient (Wildman–Crippen LogP) is 1.20. The first-order valence-corrected chi connectivity index (χ1v) is 3.77. The predicted molar refractivity (Wildman–Crippen MR) is 46.8 cm³/mol. The van der Waals surface area contributed by atoms with Gasteiger partial charge in [-0.3, -0.25) is 4.79 Å². The second kappa shape index (κ2) is 5.55. The van der Waals surface area contributed by atoms with Gasteiger partial charge < -0.3 is 10.2 Å². The van der Waals surface area contributed by atoms with Crippen LogP contribution in [0.3, 0.4) is 0 Å². The number of aliphatic hydroxyl groups is 1. The zero-order valence-corrected chi connectivity index (χ0v) is 6.94. The van der Waals surface area contributed by atoms with E-state index < -0.39 is 18.0 Å². The molecule has 0 rings (SSSR count). The van der Waals surface area contributed by atoms with Crippen LogP contribution < -0.4 is 0 Å². The zero-order valence-electron chi connectivity index (χ0n) is 6.94. The molecule has 0 heterocycles. The third-order valence-corrected chi connectivity index (χ3v) is 1.65. The third-order valence-electron chi connectivity index (χ3n) is 1.65. The minimum absolute atomic E-state index is 0.395. The zero-order chi connectivity index (χ0) is 9.56. The van der Waals surface area contributed by atoms with E-state index in [1.54, 1.807) is 0 Å². The number of carboxylic acids is 1. The quantitative estimate of drug-likeness (QED) is 0.589. The molecule has 0 aromatic rings. The smallest absolute Gasteiger partial charge is 0.310 e. The SMILES string of the molecule is C=CC(O)CCC(C=C)C(=O)O.